The first-order chi connectivity index (χ1) is 10.3. The number of aromatic nitrogens is 2. The molecule has 0 fully saturated rings. The maximum absolute atomic E-state index is 5.71. The summed E-state index contributed by atoms with van der Waals surface area (Å²) in [6.07, 6.45) is 0. The molecule has 3 aromatic rings. The molecule has 0 saturated heterocycles. The molecule has 0 aliphatic heterocycles. The molecule has 108 valence electrons. The number of nitrogens with zero attached hydrogens (tertiary/aromatic N) is 1. The summed E-state index contributed by atoms with van der Waals surface area (Å²) in [6.45, 7) is 2.57. The first kappa shape index (κ1) is 13.7. The number of nitrogens with one attached hydrogen (secondary N) is 1. The third-order valence-corrected chi connectivity index (χ3v) is 3.59. The number of rotatable bonds is 4. The minimum absolute atomic E-state index is 0.607. The Morgan fingerprint density at radius 2 is 1.86 bits per heavy atom. The van der Waals surface area contributed by atoms with Gasteiger partial charge in [-0.2, -0.15) is 0 Å². The van der Waals surface area contributed by atoms with Crippen LogP contribution in [0.4, 0.5) is 0 Å². The number of H-pyrrole nitrogens is 1. The van der Waals surface area contributed by atoms with Gasteiger partial charge in [0.1, 0.15) is 17.0 Å². The van der Waals surface area contributed by atoms with Gasteiger partial charge in [0.15, 0.2) is 4.77 Å². The van der Waals surface area contributed by atoms with Crippen molar-refractivity contribution >= 4 is 23.3 Å². The Morgan fingerprint density at radius 3 is 2.62 bits per heavy atom. The molecule has 1 N–H and O–H groups in total. The molecule has 0 unspecified atom stereocenters. The summed E-state index contributed by atoms with van der Waals surface area (Å²) < 4.78 is 13.7. The first-order valence-electron chi connectivity index (χ1n) is 6.76. The fourth-order valence-electron chi connectivity index (χ4n) is 2.43. The predicted molar refractivity (Wildman–Crippen MR) is 86.2 cm³/mol. The monoisotopic (exact) mass is 300 g/mol. The van der Waals surface area contributed by atoms with Gasteiger partial charge in [-0.05, 0) is 43.4 Å². The lowest BCUT2D eigenvalue weighted by Gasteiger charge is -2.11. The van der Waals surface area contributed by atoms with E-state index in [1.165, 1.54) is 0 Å². The molecule has 1 heterocycles. The van der Waals surface area contributed by atoms with Crippen molar-refractivity contribution in [2.75, 3.05) is 13.7 Å². The van der Waals surface area contributed by atoms with E-state index in [2.05, 4.69) is 4.98 Å². The van der Waals surface area contributed by atoms with Gasteiger partial charge in [0, 0.05) is 0 Å². The Balaban J connectivity index is 2.31. The number of para-hydroxylation sites is 3. The fraction of sp³-hybridized carbons (Fsp3) is 0.188. The van der Waals surface area contributed by atoms with E-state index < -0.39 is 0 Å². The van der Waals surface area contributed by atoms with E-state index in [1.807, 2.05) is 54.0 Å². The highest BCUT2D eigenvalue weighted by Gasteiger charge is 2.13. The normalized spacial score (nSPS) is 10.8. The number of methoxy groups -OCH3 is 1. The van der Waals surface area contributed by atoms with Gasteiger partial charge in [-0.1, -0.05) is 18.2 Å². The van der Waals surface area contributed by atoms with Crippen molar-refractivity contribution in [2.24, 2.45) is 0 Å². The Morgan fingerprint density at radius 1 is 1.10 bits per heavy atom. The second kappa shape index (κ2) is 5.61. The molecule has 1 aromatic heterocycles. The van der Waals surface area contributed by atoms with Crippen LogP contribution in [0.2, 0.25) is 0 Å². The molecule has 0 saturated carbocycles. The van der Waals surface area contributed by atoms with Gasteiger partial charge < -0.3 is 14.5 Å². The number of imidazole rings is 1. The maximum atomic E-state index is 5.71. The third-order valence-electron chi connectivity index (χ3n) is 3.31. The summed E-state index contributed by atoms with van der Waals surface area (Å²) in [5.41, 5.74) is 2.77. The molecule has 0 aliphatic rings. The molecular formula is C16H16N2O2S. The van der Waals surface area contributed by atoms with Gasteiger partial charge in [-0.25, -0.2) is 0 Å². The Labute approximate surface area is 127 Å². The number of hydrogen-bond donors (Lipinski definition) is 1. The summed E-state index contributed by atoms with van der Waals surface area (Å²) in [5, 5.41) is 0. The van der Waals surface area contributed by atoms with Crippen LogP contribution in [-0.4, -0.2) is 23.3 Å². The number of aromatic amines is 1. The van der Waals surface area contributed by atoms with Crippen LogP contribution in [0.3, 0.4) is 0 Å². The molecule has 0 atom stereocenters. The zero-order chi connectivity index (χ0) is 14.8. The van der Waals surface area contributed by atoms with Crippen LogP contribution in [0.25, 0.3) is 16.7 Å². The summed E-state index contributed by atoms with van der Waals surface area (Å²) >= 11 is 5.48. The van der Waals surface area contributed by atoms with Crippen LogP contribution in [0, 0.1) is 4.77 Å². The standard InChI is InChI=1S/C16H16N2O2S/c1-3-20-13-9-5-4-7-11(13)18-12-8-6-10-14(19-2)15(12)17-16(18)21/h4-10H,3H2,1-2H3,(H,17,21). The molecule has 0 spiro atoms. The van der Waals surface area contributed by atoms with Crippen molar-refractivity contribution < 1.29 is 9.47 Å². The fourth-order valence-corrected chi connectivity index (χ4v) is 2.73. The quantitative estimate of drug-likeness (QED) is 0.737. The van der Waals surface area contributed by atoms with E-state index in [9.17, 15) is 0 Å². The van der Waals surface area contributed by atoms with Crippen molar-refractivity contribution in [3.05, 3.63) is 47.2 Å². The van der Waals surface area contributed by atoms with E-state index in [0.717, 1.165) is 28.2 Å². The highest BCUT2D eigenvalue weighted by atomic mass is 32.1. The molecule has 3 rings (SSSR count). The molecule has 5 heteroatoms. The number of hydrogen-bond acceptors (Lipinski definition) is 3. The minimum atomic E-state index is 0.607. The second-order valence-electron chi connectivity index (χ2n) is 4.52. The third kappa shape index (κ3) is 2.29. The summed E-state index contributed by atoms with van der Waals surface area (Å²) in [4.78, 5) is 3.21. The van der Waals surface area contributed by atoms with Crippen LogP contribution in [0.1, 0.15) is 6.92 Å². The van der Waals surface area contributed by atoms with E-state index in [1.54, 1.807) is 7.11 Å². The molecule has 4 nitrogen and oxygen atoms in total. The van der Waals surface area contributed by atoms with Crippen molar-refractivity contribution in [2.45, 2.75) is 6.92 Å². The molecule has 0 radical (unpaired) electrons. The summed E-state index contributed by atoms with van der Waals surface area (Å²) in [7, 11) is 1.65. The van der Waals surface area contributed by atoms with Gasteiger partial charge >= 0.3 is 0 Å². The van der Waals surface area contributed by atoms with Crippen LogP contribution >= 0.6 is 12.2 Å². The van der Waals surface area contributed by atoms with Gasteiger partial charge in [-0.3, -0.25) is 4.57 Å². The van der Waals surface area contributed by atoms with Crippen molar-refractivity contribution in [3.8, 4) is 17.2 Å². The summed E-state index contributed by atoms with van der Waals surface area (Å²) in [6, 6.07) is 13.7. The van der Waals surface area contributed by atoms with Crippen LogP contribution in [0.5, 0.6) is 11.5 Å². The van der Waals surface area contributed by atoms with Gasteiger partial charge in [-0.15, -0.1) is 0 Å². The van der Waals surface area contributed by atoms with Gasteiger partial charge in [0.2, 0.25) is 0 Å². The van der Waals surface area contributed by atoms with Crippen LogP contribution < -0.4 is 9.47 Å². The average Bonchev–Trinajstić information content (AvgIpc) is 2.84. The Bertz CT molecular complexity index is 836. The smallest absolute Gasteiger partial charge is 0.182 e. The van der Waals surface area contributed by atoms with Crippen LogP contribution in [-0.2, 0) is 0 Å². The van der Waals surface area contributed by atoms with Crippen molar-refractivity contribution in [1.29, 1.82) is 0 Å². The first-order valence-corrected chi connectivity index (χ1v) is 7.17. The summed E-state index contributed by atoms with van der Waals surface area (Å²) in [5.74, 6) is 1.58. The highest BCUT2D eigenvalue weighted by Crippen LogP contribution is 2.30. The van der Waals surface area contributed by atoms with Crippen molar-refractivity contribution in [3.63, 3.8) is 0 Å². The topological polar surface area (TPSA) is 39.2 Å². The molecule has 0 bridgehead atoms. The number of ether oxygens (including phenoxy) is 2. The average molecular weight is 300 g/mol. The SMILES string of the molecule is CCOc1ccccc1-n1c(=S)[nH]c2c(OC)cccc21. The molecule has 2 aromatic carbocycles. The second-order valence-corrected chi connectivity index (χ2v) is 4.91. The molecule has 0 amide bonds. The van der Waals surface area contributed by atoms with E-state index >= 15 is 0 Å². The Hall–Kier alpha value is -2.27. The van der Waals surface area contributed by atoms with Crippen LogP contribution in [0.15, 0.2) is 42.5 Å². The lowest BCUT2D eigenvalue weighted by Crippen LogP contribution is -2.00. The number of benzene rings is 2. The lowest BCUT2D eigenvalue weighted by atomic mass is 10.2. The molecular weight excluding hydrogens is 284 g/mol. The number of fused-ring (bicyclic) bond motifs is 1. The van der Waals surface area contributed by atoms with Gasteiger partial charge in [0.25, 0.3) is 0 Å². The largest absolute Gasteiger partial charge is 0.494 e. The highest BCUT2D eigenvalue weighted by molar-refractivity contribution is 7.71. The van der Waals surface area contributed by atoms with Crippen molar-refractivity contribution in [1.82, 2.24) is 9.55 Å². The van der Waals surface area contributed by atoms with Gasteiger partial charge in [0.05, 0.1) is 24.9 Å². The van der Waals surface area contributed by atoms with E-state index in [-0.39, 0.29) is 0 Å². The molecule has 21 heavy (non-hydrogen) atoms. The zero-order valence-corrected chi connectivity index (χ0v) is 12.7. The maximum Gasteiger partial charge on any atom is 0.182 e. The minimum Gasteiger partial charge on any atom is -0.494 e. The predicted octanol–water partition coefficient (Wildman–Crippen LogP) is 4.10. The Kier molecular flexibility index (Phi) is 3.66. The van der Waals surface area contributed by atoms with E-state index in [0.29, 0.717) is 11.4 Å². The zero-order valence-electron chi connectivity index (χ0n) is 11.9. The lowest BCUT2D eigenvalue weighted by molar-refractivity contribution is 0.339. The molecule has 0 aliphatic carbocycles. The van der Waals surface area contributed by atoms with E-state index in [4.69, 9.17) is 21.7 Å².